The summed E-state index contributed by atoms with van der Waals surface area (Å²) in [6.45, 7) is 2.27. The van der Waals surface area contributed by atoms with Gasteiger partial charge in [-0.2, -0.15) is 4.31 Å². The van der Waals surface area contributed by atoms with Gasteiger partial charge >= 0.3 is 5.97 Å². The van der Waals surface area contributed by atoms with Crippen LogP contribution in [0.4, 0.5) is 5.82 Å². The van der Waals surface area contributed by atoms with Gasteiger partial charge in [-0.05, 0) is 43.7 Å². The third kappa shape index (κ3) is 2.79. The molecule has 0 radical (unpaired) electrons. The van der Waals surface area contributed by atoms with Crippen molar-refractivity contribution in [1.82, 2.24) is 9.29 Å². The number of aliphatic carboxylic acids is 1. The molecule has 1 N–H and O–H groups in total. The molecule has 0 amide bonds. The molecule has 1 aromatic rings. The van der Waals surface area contributed by atoms with Crippen LogP contribution in [0.2, 0.25) is 0 Å². The predicted molar refractivity (Wildman–Crippen MR) is 96.5 cm³/mol. The predicted octanol–water partition coefficient (Wildman–Crippen LogP) is 1.95. The third-order valence-corrected chi connectivity index (χ3v) is 8.18. The van der Waals surface area contributed by atoms with Crippen molar-refractivity contribution >= 4 is 21.8 Å². The van der Waals surface area contributed by atoms with Crippen molar-refractivity contribution in [3.05, 3.63) is 18.3 Å². The topological polar surface area (TPSA) is 90.8 Å². The van der Waals surface area contributed by atoms with Crippen LogP contribution < -0.4 is 4.90 Å². The van der Waals surface area contributed by atoms with E-state index < -0.39 is 21.4 Å². The van der Waals surface area contributed by atoms with E-state index in [0.717, 1.165) is 32.1 Å². The van der Waals surface area contributed by atoms with Crippen LogP contribution in [0.25, 0.3) is 0 Å². The lowest BCUT2D eigenvalue weighted by Crippen LogP contribution is -2.36. The lowest BCUT2D eigenvalue weighted by Gasteiger charge is -2.26. The van der Waals surface area contributed by atoms with E-state index >= 15 is 0 Å². The average Bonchev–Trinajstić information content (AvgIpc) is 3.21. The molecule has 8 heteroatoms. The van der Waals surface area contributed by atoms with Gasteiger partial charge in [0.2, 0.25) is 10.0 Å². The number of carbonyl (C=O) groups is 1. The van der Waals surface area contributed by atoms with Crippen molar-refractivity contribution in [3.8, 4) is 0 Å². The second-order valence-corrected chi connectivity index (χ2v) is 9.69. The van der Waals surface area contributed by atoms with Crippen LogP contribution in [-0.4, -0.2) is 55.0 Å². The van der Waals surface area contributed by atoms with E-state index in [-0.39, 0.29) is 10.8 Å². The average molecular weight is 379 g/mol. The highest BCUT2D eigenvalue weighted by Crippen LogP contribution is 2.49. The van der Waals surface area contributed by atoms with E-state index in [1.165, 1.54) is 10.5 Å². The number of hydrogen-bond donors (Lipinski definition) is 1. The van der Waals surface area contributed by atoms with Crippen molar-refractivity contribution in [2.45, 2.75) is 43.4 Å². The second kappa shape index (κ2) is 6.49. The highest BCUT2D eigenvalue weighted by atomic mass is 32.2. The first-order valence-corrected chi connectivity index (χ1v) is 10.8. The molecule has 0 unspecified atom stereocenters. The van der Waals surface area contributed by atoms with E-state index in [2.05, 4.69) is 4.98 Å². The number of carboxylic acids is 1. The number of fused-ring (bicyclic) bond motifs is 1. The summed E-state index contributed by atoms with van der Waals surface area (Å²) in [5.41, 5.74) is -0.666. The highest BCUT2D eigenvalue weighted by Gasteiger charge is 2.55. The SMILES string of the molecule is O=C(O)[C@@]12CCC[C@H]1CN(c1ccc(S(=O)(=O)N3CCCCC3)cn1)C2. The van der Waals surface area contributed by atoms with Crippen LogP contribution in [-0.2, 0) is 14.8 Å². The largest absolute Gasteiger partial charge is 0.481 e. The maximum Gasteiger partial charge on any atom is 0.311 e. The zero-order valence-corrected chi connectivity index (χ0v) is 15.6. The van der Waals surface area contributed by atoms with Crippen molar-refractivity contribution in [1.29, 1.82) is 0 Å². The summed E-state index contributed by atoms with van der Waals surface area (Å²) in [5.74, 6) is 0.1000. The summed E-state index contributed by atoms with van der Waals surface area (Å²) in [5, 5.41) is 9.70. The van der Waals surface area contributed by atoms with Crippen LogP contribution in [0.3, 0.4) is 0 Å². The molecule has 2 aliphatic heterocycles. The van der Waals surface area contributed by atoms with E-state index in [1.807, 2.05) is 4.90 Å². The Labute approximate surface area is 154 Å². The fourth-order valence-electron chi connectivity index (χ4n) is 4.78. The maximum atomic E-state index is 12.7. The van der Waals surface area contributed by atoms with Crippen LogP contribution in [0.1, 0.15) is 38.5 Å². The van der Waals surface area contributed by atoms with Gasteiger partial charge in [0.1, 0.15) is 10.7 Å². The number of aromatic nitrogens is 1. The number of hydrogen-bond acceptors (Lipinski definition) is 5. The van der Waals surface area contributed by atoms with Gasteiger partial charge in [0.05, 0.1) is 5.41 Å². The summed E-state index contributed by atoms with van der Waals surface area (Å²) < 4.78 is 27.0. The molecule has 1 aliphatic carbocycles. The van der Waals surface area contributed by atoms with E-state index in [4.69, 9.17) is 0 Å². The molecule has 2 saturated heterocycles. The molecule has 1 aromatic heterocycles. The van der Waals surface area contributed by atoms with Gasteiger partial charge in [0.15, 0.2) is 0 Å². The van der Waals surface area contributed by atoms with Gasteiger partial charge in [-0.3, -0.25) is 4.79 Å². The summed E-state index contributed by atoms with van der Waals surface area (Å²) in [6.07, 6.45) is 6.90. The minimum Gasteiger partial charge on any atom is -0.481 e. The van der Waals surface area contributed by atoms with Crippen molar-refractivity contribution in [2.75, 3.05) is 31.1 Å². The first-order valence-electron chi connectivity index (χ1n) is 9.38. The fourth-order valence-corrected chi connectivity index (χ4v) is 6.24. The highest BCUT2D eigenvalue weighted by molar-refractivity contribution is 7.89. The zero-order chi connectivity index (χ0) is 18.4. The standard InChI is InChI=1S/C18H25N3O4S/c22-17(23)18-8-4-5-14(18)12-20(13-18)16-7-6-15(11-19-16)26(24,25)21-9-2-1-3-10-21/h6-7,11,14H,1-5,8-10,12-13H2,(H,22,23)/t14-,18+/m0/s1. The summed E-state index contributed by atoms with van der Waals surface area (Å²) in [4.78, 5) is 18.4. The van der Waals surface area contributed by atoms with Crippen LogP contribution >= 0.6 is 0 Å². The molecule has 2 atom stereocenters. The number of nitrogens with zero attached hydrogens (tertiary/aromatic N) is 3. The van der Waals surface area contributed by atoms with Crippen molar-refractivity contribution < 1.29 is 18.3 Å². The molecule has 142 valence electrons. The minimum atomic E-state index is -3.48. The maximum absolute atomic E-state index is 12.7. The Balaban J connectivity index is 1.53. The van der Waals surface area contributed by atoms with Gasteiger partial charge in [-0.25, -0.2) is 13.4 Å². The van der Waals surface area contributed by atoms with E-state index in [9.17, 15) is 18.3 Å². The normalized spacial score (nSPS) is 29.7. The smallest absolute Gasteiger partial charge is 0.311 e. The van der Waals surface area contributed by atoms with Crippen LogP contribution in [0, 0.1) is 11.3 Å². The van der Waals surface area contributed by atoms with E-state index in [1.54, 1.807) is 12.1 Å². The number of pyridine rings is 1. The number of piperidine rings is 1. The number of carboxylic acid groups (broad SMARTS) is 1. The first-order chi connectivity index (χ1) is 12.4. The fraction of sp³-hybridized carbons (Fsp3) is 0.667. The lowest BCUT2D eigenvalue weighted by atomic mass is 9.81. The monoisotopic (exact) mass is 379 g/mol. The first kappa shape index (κ1) is 17.7. The molecular formula is C18H25N3O4S. The molecule has 26 heavy (non-hydrogen) atoms. The molecule has 0 aromatic carbocycles. The Morgan fingerprint density at radius 2 is 1.96 bits per heavy atom. The van der Waals surface area contributed by atoms with Gasteiger partial charge < -0.3 is 10.0 Å². The summed E-state index contributed by atoms with van der Waals surface area (Å²) in [6, 6.07) is 3.32. The number of sulfonamides is 1. The van der Waals surface area contributed by atoms with Crippen LogP contribution in [0.15, 0.2) is 23.2 Å². The lowest BCUT2D eigenvalue weighted by molar-refractivity contribution is -0.149. The van der Waals surface area contributed by atoms with E-state index in [0.29, 0.717) is 38.4 Å². The summed E-state index contributed by atoms with van der Waals surface area (Å²) in [7, 11) is -3.48. The molecule has 7 nitrogen and oxygen atoms in total. The van der Waals surface area contributed by atoms with Crippen LogP contribution in [0.5, 0.6) is 0 Å². The quantitative estimate of drug-likeness (QED) is 0.860. The van der Waals surface area contributed by atoms with Gasteiger partial charge in [0.25, 0.3) is 0 Å². The van der Waals surface area contributed by atoms with Gasteiger partial charge in [0, 0.05) is 32.4 Å². The Kier molecular flexibility index (Phi) is 4.43. The number of anilines is 1. The Hall–Kier alpha value is -1.67. The minimum absolute atomic E-state index is 0.151. The second-order valence-electron chi connectivity index (χ2n) is 7.75. The van der Waals surface area contributed by atoms with Crippen molar-refractivity contribution in [2.24, 2.45) is 11.3 Å². The third-order valence-electron chi connectivity index (χ3n) is 6.29. The Morgan fingerprint density at radius 3 is 2.58 bits per heavy atom. The molecule has 0 spiro atoms. The molecule has 3 aliphatic rings. The molecule has 4 rings (SSSR count). The van der Waals surface area contributed by atoms with Crippen molar-refractivity contribution in [3.63, 3.8) is 0 Å². The molecular weight excluding hydrogens is 354 g/mol. The molecule has 1 saturated carbocycles. The zero-order valence-electron chi connectivity index (χ0n) is 14.8. The Morgan fingerprint density at radius 1 is 1.19 bits per heavy atom. The number of rotatable bonds is 4. The summed E-state index contributed by atoms with van der Waals surface area (Å²) >= 11 is 0. The van der Waals surface area contributed by atoms with Gasteiger partial charge in [-0.1, -0.05) is 12.8 Å². The Bertz CT molecular complexity index is 789. The molecule has 3 heterocycles. The molecule has 3 fully saturated rings. The molecule has 0 bridgehead atoms. The van der Waals surface area contributed by atoms with Gasteiger partial charge in [-0.15, -0.1) is 0 Å².